The standard InChI is InChI=1S/C10H16.HI/c1-6-9(5)10(7-2)8(3)4;/h6H,1,3,7H2,2,4-5H3;1H/b10-9-;. The molecular weight excluding hydrogens is 247 g/mol. The minimum Gasteiger partial charge on any atom is -0.107 e. The largest absolute Gasteiger partial charge is 0.107 e. The van der Waals surface area contributed by atoms with Gasteiger partial charge in [-0.15, -0.1) is 24.0 Å². The molecule has 0 spiro atoms. The van der Waals surface area contributed by atoms with Crippen LogP contribution in [0.5, 0.6) is 0 Å². The van der Waals surface area contributed by atoms with Crippen LogP contribution in [0, 0.1) is 0 Å². The molecule has 0 nitrogen and oxygen atoms in total. The van der Waals surface area contributed by atoms with Gasteiger partial charge in [0.15, 0.2) is 0 Å². The van der Waals surface area contributed by atoms with Crippen molar-refractivity contribution in [2.75, 3.05) is 0 Å². The van der Waals surface area contributed by atoms with Crippen LogP contribution in [0.2, 0.25) is 0 Å². The SMILES string of the molecule is C=C/C(C)=C(/CC)C(=C)C.I. The first-order chi connectivity index (χ1) is 4.63. The molecule has 0 unspecified atom stereocenters. The van der Waals surface area contributed by atoms with Gasteiger partial charge in [0.2, 0.25) is 0 Å². The average molecular weight is 264 g/mol. The number of allylic oxidation sites excluding steroid dienone is 4. The van der Waals surface area contributed by atoms with E-state index >= 15 is 0 Å². The second-order valence-electron chi connectivity index (χ2n) is 2.50. The Morgan fingerprint density at radius 3 is 1.91 bits per heavy atom. The summed E-state index contributed by atoms with van der Waals surface area (Å²) in [6.07, 6.45) is 2.93. The Kier molecular flexibility index (Phi) is 8.18. The maximum atomic E-state index is 3.89. The summed E-state index contributed by atoms with van der Waals surface area (Å²) >= 11 is 0. The lowest BCUT2D eigenvalue weighted by Crippen LogP contribution is -1.85. The fourth-order valence-corrected chi connectivity index (χ4v) is 1.04. The van der Waals surface area contributed by atoms with Gasteiger partial charge in [0.1, 0.15) is 0 Å². The normalized spacial score (nSPS) is 11.2. The summed E-state index contributed by atoms with van der Waals surface area (Å²) < 4.78 is 0. The molecule has 0 N–H and O–H groups in total. The Balaban J connectivity index is 0. The molecule has 0 saturated carbocycles. The van der Waals surface area contributed by atoms with E-state index in [1.54, 1.807) is 0 Å². The van der Waals surface area contributed by atoms with E-state index in [-0.39, 0.29) is 24.0 Å². The zero-order valence-electron chi connectivity index (χ0n) is 7.61. The number of hydrogen-bond donors (Lipinski definition) is 0. The second kappa shape index (κ2) is 6.65. The van der Waals surface area contributed by atoms with E-state index < -0.39 is 0 Å². The monoisotopic (exact) mass is 264 g/mol. The first kappa shape index (κ1) is 13.5. The smallest absolute Gasteiger partial charge is 0.0302 e. The lowest BCUT2D eigenvalue weighted by Gasteiger charge is -2.05. The molecule has 0 heterocycles. The summed E-state index contributed by atoms with van der Waals surface area (Å²) in [5.74, 6) is 0. The molecule has 11 heavy (non-hydrogen) atoms. The van der Waals surface area contributed by atoms with Crippen molar-refractivity contribution in [1.82, 2.24) is 0 Å². The Morgan fingerprint density at radius 2 is 1.82 bits per heavy atom. The predicted molar refractivity (Wildman–Crippen MR) is 63.4 cm³/mol. The zero-order valence-corrected chi connectivity index (χ0v) is 9.94. The van der Waals surface area contributed by atoms with Crippen molar-refractivity contribution in [3.63, 3.8) is 0 Å². The average Bonchev–Trinajstić information content (AvgIpc) is 1.88. The molecule has 0 aliphatic heterocycles. The second-order valence-corrected chi connectivity index (χ2v) is 2.50. The zero-order chi connectivity index (χ0) is 8.15. The third-order valence-corrected chi connectivity index (χ3v) is 1.65. The van der Waals surface area contributed by atoms with E-state index in [1.807, 2.05) is 13.0 Å². The fraction of sp³-hybridized carbons (Fsp3) is 0.400. The van der Waals surface area contributed by atoms with E-state index in [2.05, 4.69) is 27.0 Å². The van der Waals surface area contributed by atoms with Gasteiger partial charge in [-0.3, -0.25) is 0 Å². The topological polar surface area (TPSA) is 0 Å². The summed E-state index contributed by atoms with van der Waals surface area (Å²) in [5, 5.41) is 0. The van der Waals surface area contributed by atoms with Gasteiger partial charge >= 0.3 is 0 Å². The maximum absolute atomic E-state index is 3.89. The molecule has 0 aromatic carbocycles. The summed E-state index contributed by atoms with van der Waals surface area (Å²) in [6.45, 7) is 13.8. The lowest BCUT2D eigenvalue weighted by molar-refractivity contribution is 1.08. The summed E-state index contributed by atoms with van der Waals surface area (Å²) in [5.41, 5.74) is 3.73. The molecule has 0 amide bonds. The first-order valence-corrected chi connectivity index (χ1v) is 3.61. The molecule has 0 atom stereocenters. The highest BCUT2D eigenvalue weighted by Crippen LogP contribution is 2.16. The Hall–Kier alpha value is -0.0500. The summed E-state index contributed by atoms with van der Waals surface area (Å²) in [6, 6.07) is 0. The number of halogens is 1. The third-order valence-electron chi connectivity index (χ3n) is 1.65. The molecule has 0 radical (unpaired) electrons. The number of hydrogen-bond acceptors (Lipinski definition) is 0. The van der Waals surface area contributed by atoms with Crippen molar-refractivity contribution in [1.29, 1.82) is 0 Å². The van der Waals surface area contributed by atoms with Gasteiger partial charge in [0.25, 0.3) is 0 Å². The molecule has 0 aliphatic carbocycles. The van der Waals surface area contributed by atoms with E-state index in [0.717, 1.165) is 12.0 Å². The molecule has 1 heteroatoms. The van der Waals surface area contributed by atoms with E-state index in [4.69, 9.17) is 0 Å². The van der Waals surface area contributed by atoms with Crippen LogP contribution in [0.1, 0.15) is 27.2 Å². The van der Waals surface area contributed by atoms with Crippen LogP contribution >= 0.6 is 24.0 Å². The van der Waals surface area contributed by atoms with E-state index in [1.165, 1.54) is 11.1 Å². The first-order valence-electron chi connectivity index (χ1n) is 3.61. The maximum Gasteiger partial charge on any atom is -0.0302 e. The van der Waals surface area contributed by atoms with Crippen LogP contribution in [-0.2, 0) is 0 Å². The van der Waals surface area contributed by atoms with Gasteiger partial charge in [-0.1, -0.05) is 31.7 Å². The highest BCUT2D eigenvalue weighted by Gasteiger charge is 1.96. The van der Waals surface area contributed by atoms with Gasteiger partial charge in [-0.05, 0) is 31.4 Å². The summed E-state index contributed by atoms with van der Waals surface area (Å²) in [4.78, 5) is 0. The van der Waals surface area contributed by atoms with E-state index in [0.29, 0.717) is 0 Å². The van der Waals surface area contributed by atoms with Crippen LogP contribution in [0.25, 0.3) is 0 Å². The molecule has 0 aromatic heterocycles. The van der Waals surface area contributed by atoms with Crippen molar-refractivity contribution in [2.24, 2.45) is 0 Å². The Bertz CT molecular complexity index is 175. The van der Waals surface area contributed by atoms with Crippen molar-refractivity contribution >= 4 is 24.0 Å². The van der Waals surface area contributed by atoms with Crippen LogP contribution in [-0.4, -0.2) is 0 Å². The molecule has 0 bridgehead atoms. The summed E-state index contributed by atoms with van der Waals surface area (Å²) in [7, 11) is 0. The van der Waals surface area contributed by atoms with Gasteiger partial charge in [0, 0.05) is 0 Å². The Labute approximate surface area is 87.1 Å². The minimum atomic E-state index is 0. The molecule has 0 saturated heterocycles. The molecule has 64 valence electrons. The van der Waals surface area contributed by atoms with Gasteiger partial charge in [-0.25, -0.2) is 0 Å². The minimum absolute atomic E-state index is 0. The van der Waals surface area contributed by atoms with Gasteiger partial charge < -0.3 is 0 Å². The van der Waals surface area contributed by atoms with Gasteiger partial charge in [0.05, 0.1) is 0 Å². The highest BCUT2D eigenvalue weighted by atomic mass is 127. The van der Waals surface area contributed by atoms with Crippen molar-refractivity contribution < 1.29 is 0 Å². The molecule has 0 aliphatic rings. The van der Waals surface area contributed by atoms with E-state index in [9.17, 15) is 0 Å². The highest BCUT2D eigenvalue weighted by molar-refractivity contribution is 14.0. The Morgan fingerprint density at radius 1 is 1.36 bits per heavy atom. The fourth-order valence-electron chi connectivity index (χ4n) is 1.04. The van der Waals surface area contributed by atoms with Crippen LogP contribution in [0.3, 0.4) is 0 Å². The molecule has 0 fully saturated rings. The van der Waals surface area contributed by atoms with Gasteiger partial charge in [-0.2, -0.15) is 0 Å². The van der Waals surface area contributed by atoms with Crippen LogP contribution in [0.15, 0.2) is 36.0 Å². The third kappa shape index (κ3) is 4.40. The lowest BCUT2D eigenvalue weighted by atomic mass is 10.0. The van der Waals surface area contributed by atoms with Crippen LogP contribution < -0.4 is 0 Å². The molecule has 0 rings (SSSR count). The molecule has 0 aromatic rings. The number of rotatable bonds is 3. The van der Waals surface area contributed by atoms with Crippen LogP contribution in [0.4, 0.5) is 0 Å². The van der Waals surface area contributed by atoms with Crippen molar-refractivity contribution in [3.05, 3.63) is 36.0 Å². The van der Waals surface area contributed by atoms with Crippen molar-refractivity contribution in [2.45, 2.75) is 27.2 Å². The van der Waals surface area contributed by atoms with Crippen molar-refractivity contribution in [3.8, 4) is 0 Å². The predicted octanol–water partition coefficient (Wildman–Crippen LogP) is 4.09. The molecular formula is C10H17I. The quantitative estimate of drug-likeness (QED) is 0.532.